The van der Waals surface area contributed by atoms with Gasteiger partial charge in [-0.25, -0.2) is 8.78 Å². The number of halogens is 2. The number of alkyl halides is 2. The van der Waals surface area contributed by atoms with E-state index >= 15 is 0 Å². The average Bonchev–Trinajstić information content (AvgIpc) is 2.34. The van der Waals surface area contributed by atoms with Crippen LogP contribution in [0.3, 0.4) is 0 Å². The molecule has 0 radical (unpaired) electrons. The molecule has 0 aliphatic carbocycles. The normalized spacial score (nSPS) is 13.3. The van der Waals surface area contributed by atoms with Gasteiger partial charge in [-0.1, -0.05) is 26.2 Å². The van der Waals surface area contributed by atoms with Crippen molar-refractivity contribution in [3.05, 3.63) is 0 Å². The van der Waals surface area contributed by atoms with Crippen molar-refractivity contribution in [1.29, 1.82) is 0 Å². The Morgan fingerprint density at radius 1 is 1.26 bits per heavy atom. The molecule has 114 valence electrons. The van der Waals surface area contributed by atoms with E-state index in [-0.39, 0.29) is 17.6 Å². The van der Waals surface area contributed by atoms with Gasteiger partial charge in [0.25, 0.3) is 0 Å². The number of carbonyl (C=O) groups is 1. The highest BCUT2D eigenvalue weighted by Gasteiger charge is 2.21. The zero-order valence-electron chi connectivity index (χ0n) is 12.2. The van der Waals surface area contributed by atoms with E-state index in [2.05, 4.69) is 6.92 Å². The highest BCUT2D eigenvalue weighted by molar-refractivity contribution is 8.00. The maximum Gasteiger partial charge on any atom is 0.318 e. The molecule has 1 atom stereocenters. The van der Waals surface area contributed by atoms with Gasteiger partial charge in [-0.3, -0.25) is 4.79 Å². The third-order valence-corrected chi connectivity index (χ3v) is 4.22. The van der Waals surface area contributed by atoms with Crippen molar-refractivity contribution in [1.82, 2.24) is 0 Å². The molecule has 5 heteroatoms. The predicted molar refractivity (Wildman–Crippen MR) is 76.9 cm³/mol. The number of rotatable bonds is 11. The predicted octanol–water partition coefficient (Wildman–Crippen LogP) is 4.67. The Morgan fingerprint density at radius 3 is 2.47 bits per heavy atom. The molecule has 0 amide bonds. The van der Waals surface area contributed by atoms with Gasteiger partial charge in [-0.15, -0.1) is 11.8 Å². The molecule has 19 heavy (non-hydrogen) atoms. The fraction of sp³-hybridized carbons (Fsp3) is 0.929. The summed E-state index contributed by atoms with van der Waals surface area (Å²) >= 11 is 1.54. The fourth-order valence-corrected chi connectivity index (χ4v) is 2.96. The van der Waals surface area contributed by atoms with Gasteiger partial charge in [-0.2, -0.15) is 0 Å². The van der Waals surface area contributed by atoms with E-state index in [1.165, 1.54) is 18.9 Å². The van der Waals surface area contributed by atoms with E-state index in [0.29, 0.717) is 6.42 Å². The lowest BCUT2D eigenvalue weighted by molar-refractivity contribution is -0.140. The quantitative estimate of drug-likeness (QED) is 0.409. The smallest absolute Gasteiger partial charge is 0.318 e. The van der Waals surface area contributed by atoms with Crippen molar-refractivity contribution in [3.63, 3.8) is 0 Å². The van der Waals surface area contributed by atoms with Gasteiger partial charge >= 0.3 is 5.97 Å². The van der Waals surface area contributed by atoms with Gasteiger partial charge in [0.15, 0.2) is 0 Å². The Balaban J connectivity index is 3.83. The molecule has 0 saturated carbocycles. The lowest BCUT2D eigenvalue weighted by atomic mass is 10.1. The second-order valence-electron chi connectivity index (χ2n) is 4.91. The molecule has 2 nitrogen and oxygen atoms in total. The molecule has 0 aromatic carbocycles. The van der Waals surface area contributed by atoms with Crippen LogP contribution in [0, 0.1) is 0 Å². The monoisotopic (exact) mass is 296 g/mol. The maximum atomic E-state index is 12.6. The minimum Gasteiger partial charge on any atom is -0.468 e. The Kier molecular flexibility index (Phi) is 10.3. The molecule has 0 saturated heterocycles. The second kappa shape index (κ2) is 10.5. The number of esters is 1. The summed E-state index contributed by atoms with van der Waals surface area (Å²) in [5, 5.41) is -0.140. The van der Waals surface area contributed by atoms with Gasteiger partial charge in [0.1, 0.15) is 5.25 Å². The number of unbranched alkanes of at least 4 members (excludes halogenated alkanes) is 3. The standard InChI is InChI=1S/C14H26F2O2S/c1-4-5-6-9-12(13(17)18-3)19-11-8-7-10-14(2,15)16/h12H,4-11H2,1-3H3. The number of ether oxygens (including phenoxy) is 1. The van der Waals surface area contributed by atoms with Crippen LogP contribution in [0.2, 0.25) is 0 Å². The van der Waals surface area contributed by atoms with Crippen molar-refractivity contribution < 1.29 is 18.3 Å². The first-order chi connectivity index (χ1) is 8.90. The van der Waals surface area contributed by atoms with E-state index < -0.39 is 5.92 Å². The minimum absolute atomic E-state index is 0.0771. The Morgan fingerprint density at radius 2 is 1.95 bits per heavy atom. The van der Waals surface area contributed by atoms with Gasteiger partial charge in [0.05, 0.1) is 7.11 Å². The summed E-state index contributed by atoms with van der Waals surface area (Å²) in [4.78, 5) is 11.6. The van der Waals surface area contributed by atoms with E-state index in [0.717, 1.165) is 44.8 Å². The summed E-state index contributed by atoms with van der Waals surface area (Å²) in [6.07, 6.45) is 5.19. The van der Waals surface area contributed by atoms with E-state index in [9.17, 15) is 13.6 Å². The van der Waals surface area contributed by atoms with E-state index in [4.69, 9.17) is 4.74 Å². The molecule has 0 rings (SSSR count). The van der Waals surface area contributed by atoms with Crippen molar-refractivity contribution in [3.8, 4) is 0 Å². The molecule has 0 aromatic heterocycles. The molecule has 0 aliphatic heterocycles. The average molecular weight is 296 g/mol. The van der Waals surface area contributed by atoms with E-state index in [1.54, 1.807) is 0 Å². The van der Waals surface area contributed by atoms with Crippen LogP contribution in [0.5, 0.6) is 0 Å². The summed E-state index contributed by atoms with van der Waals surface area (Å²) in [6.45, 7) is 3.06. The zero-order chi connectivity index (χ0) is 14.7. The van der Waals surface area contributed by atoms with Gasteiger partial charge in [-0.05, 0) is 31.9 Å². The fourth-order valence-electron chi connectivity index (χ4n) is 1.74. The molecule has 0 bridgehead atoms. The number of thioether (sulfide) groups is 1. The summed E-state index contributed by atoms with van der Waals surface area (Å²) in [5.41, 5.74) is 0. The SMILES string of the molecule is CCCCCC(SCCCCC(C)(F)F)C(=O)OC. The van der Waals surface area contributed by atoms with Crippen LogP contribution in [0.4, 0.5) is 8.78 Å². The van der Waals surface area contributed by atoms with Crippen molar-refractivity contribution in [2.45, 2.75) is 70.0 Å². The molecule has 0 heterocycles. The lowest BCUT2D eigenvalue weighted by Gasteiger charge is -2.14. The molecule has 1 unspecified atom stereocenters. The molecule has 0 N–H and O–H groups in total. The Bertz CT molecular complexity index is 242. The summed E-state index contributed by atoms with van der Waals surface area (Å²) in [7, 11) is 1.40. The number of hydrogen-bond donors (Lipinski definition) is 0. The first-order valence-corrected chi connectivity index (χ1v) is 8.03. The van der Waals surface area contributed by atoms with Crippen molar-refractivity contribution in [2.24, 2.45) is 0 Å². The van der Waals surface area contributed by atoms with E-state index in [1.807, 2.05) is 0 Å². The second-order valence-corrected chi connectivity index (χ2v) is 6.22. The number of methoxy groups -OCH3 is 1. The minimum atomic E-state index is -2.58. The molecule has 0 aliphatic rings. The maximum absolute atomic E-state index is 12.6. The van der Waals surface area contributed by atoms with Crippen molar-refractivity contribution in [2.75, 3.05) is 12.9 Å². The van der Waals surface area contributed by atoms with Crippen molar-refractivity contribution >= 4 is 17.7 Å². The van der Waals surface area contributed by atoms with Gasteiger partial charge < -0.3 is 4.74 Å². The highest BCUT2D eigenvalue weighted by Crippen LogP contribution is 2.24. The van der Waals surface area contributed by atoms with Crippen LogP contribution in [0.1, 0.15) is 58.8 Å². The van der Waals surface area contributed by atoms with Crippen LogP contribution >= 0.6 is 11.8 Å². The van der Waals surface area contributed by atoms with Gasteiger partial charge in [0.2, 0.25) is 5.92 Å². The third kappa shape index (κ3) is 11.2. The van der Waals surface area contributed by atoms with Gasteiger partial charge in [0, 0.05) is 6.42 Å². The summed E-state index contributed by atoms with van der Waals surface area (Å²) in [6, 6.07) is 0. The Labute approximate surface area is 119 Å². The molecule has 0 spiro atoms. The highest BCUT2D eigenvalue weighted by atomic mass is 32.2. The summed E-state index contributed by atoms with van der Waals surface area (Å²) < 4.78 is 30.0. The largest absolute Gasteiger partial charge is 0.468 e. The molecule has 0 aromatic rings. The van der Waals surface area contributed by atoms with Crippen LogP contribution < -0.4 is 0 Å². The van der Waals surface area contributed by atoms with Crippen LogP contribution in [0.25, 0.3) is 0 Å². The summed E-state index contributed by atoms with van der Waals surface area (Å²) in [5.74, 6) is -2.03. The molecular formula is C14H26F2O2S. The lowest BCUT2D eigenvalue weighted by Crippen LogP contribution is -2.19. The number of carbonyl (C=O) groups excluding carboxylic acids is 1. The topological polar surface area (TPSA) is 26.3 Å². The first kappa shape index (κ1) is 18.7. The Hall–Kier alpha value is -0.320. The molecular weight excluding hydrogens is 270 g/mol. The number of hydrogen-bond acceptors (Lipinski definition) is 3. The third-order valence-electron chi connectivity index (χ3n) is 2.86. The molecule has 0 fully saturated rings. The first-order valence-electron chi connectivity index (χ1n) is 6.98. The van der Waals surface area contributed by atoms with Crippen LogP contribution in [-0.2, 0) is 9.53 Å². The van der Waals surface area contributed by atoms with Crippen LogP contribution in [-0.4, -0.2) is 30.0 Å². The zero-order valence-corrected chi connectivity index (χ0v) is 13.0. The van der Waals surface area contributed by atoms with Crippen LogP contribution in [0.15, 0.2) is 0 Å².